The lowest BCUT2D eigenvalue weighted by Gasteiger charge is -2.09. The van der Waals surface area contributed by atoms with Crippen LogP contribution in [0.5, 0.6) is 5.75 Å². The maximum Gasteiger partial charge on any atom is 0.209 e. The minimum atomic E-state index is -0.187. The molecule has 0 aliphatic heterocycles. The Hall–Kier alpha value is -3.29. The van der Waals surface area contributed by atoms with Crippen LogP contribution in [-0.2, 0) is 0 Å². The molecule has 0 amide bonds. The number of halogens is 1. The molecule has 2 aromatic carbocycles. The summed E-state index contributed by atoms with van der Waals surface area (Å²) in [6.07, 6.45) is 0. The first-order chi connectivity index (χ1) is 12.6. The molecule has 0 spiro atoms. The number of aromatic nitrogens is 1. The molecule has 0 fully saturated rings. The summed E-state index contributed by atoms with van der Waals surface area (Å²) >= 11 is 6.31. The van der Waals surface area contributed by atoms with Gasteiger partial charge in [-0.2, -0.15) is 5.26 Å². The monoisotopic (exact) mass is 360 g/mol. The van der Waals surface area contributed by atoms with E-state index in [4.69, 9.17) is 16.3 Å². The number of benzene rings is 2. The van der Waals surface area contributed by atoms with Crippen molar-refractivity contribution < 1.29 is 9.53 Å². The fourth-order valence-electron chi connectivity index (χ4n) is 3.17. The van der Waals surface area contributed by atoms with Gasteiger partial charge in [0.1, 0.15) is 11.8 Å². The van der Waals surface area contributed by atoms with Crippen molar-refractivity contribution in [2.45, 2.75) is 0 Å². The lowest BCUT2D eigenvalue weighted by atomic mass is 10.1. The lowest BCUT2D eigenvalue weighted by Crippen LogP contribution is -2.06. The van der Waals surface area contributed by atoms with E-state index in [9.17, 15) is 10.1 Å². The van der Waals surface area contributed by atoms with Crippen molar-refractivity contribution in [3.63, 3.8) is 0 Å². The Bertz CT molecular complexity index is 1220. The quantitative estimate of drug-likeness (QED) is 0.490. The molecule has 0 aliphatic rings. The molecule has 0 radical (unpaired) electrons. The Morgan fingerprint density at radius 2 is 1.88 bits per heavy atom. The predicted octanol–water partition coefficient (Wildman–Crippen LogP) is 4.86. The first kappa shape index (κ1) is 16.2. The van der Waals surface area contributed by atoms with Crippen LogP contribution >= 0.6 is 11.6 Å². The van der Waals surface area contributed by atoms with Gasteiger partial charge in [0.25, 0.3) is 0 Å². The van der Waals surface area contributed by atoms with E-state index in [1.807, 2.05) is 24.3 Å². The number of rotatable bonds is 3. The number of fused-ring (bicyclic) bond motifs is 3. The molecule has 2 aromatic heterocycles. The fraction of sp³-hybridized carbons (Fsp3) is 0.0476. The Kier molecular flexibility index (Phi) is 3.87. The molecule has 0 N–H and O–H groups in total. The summed E-state index contributed by atoms with van der Waals surface area (Å²) in [6.45, 7) is 0. The number of hydrogen-bond donors (Lipinski definition) is 0. The van der Waals surface area contributed by atoms with Crippen molar-refractivity contribution in [1.29, 1.82) is 5.26 Å². The van der Waals surface area contributed by atoms with Gasteiger partial charge in [-0.15, -0.1) is 0 Å². The minimum Gasteiger partial charge on any atom is -0.497 e. The average molecular weight is 361 g/mol. The van der Waals surface area contributed by atoms with Gasteiger partial charge in [-0.1, -0.05) is 29.8 Å². The molecular formula is C21H13ClN2O2. The topological polar surface area (TPSA) is 54.5 Å². The van der Waals surface area contributed by atoms with Crippen LogP contribution in [0.4, 0.5) is 0 Å². The second kappa shape index (κ2) is 6.21. The molecule has 126 valence electrons. The summed E-state index contributed by atoms with van der Waals surface area (Å²) in [4.78, 5) is 13.2. The van der Waals surface area contributed by atoms with E-state index in [0.29, 0.717) is 33.1 Å². The van der Waals surface area contributed by atoms with Gasteiger partial charge in [0, 0.05) is 16.0 Å². The van der Waals surface area contributed by atoms with Gasteiger partial charge < -0.3 is 9.14 Å². The molecule has 4 rings (SSSR count). The smallest absolute Gasteiger partial charge is 0.209 e. The zero-order chi connectivity index (χ0) is 18.3. The molecule has 2 heterocycles. The zero-order valence-electron chi connectivity index (χ0n) is 13.9. The van der Waals surface area contributed by atoms with E-state index < -0.39 is 0 Å². The third-order valence-corrected chi connectivity index (χ3v) is 4.73. The SMILES string of the molecule is COc1cccc(C(=O)c2cc(C#N)c3ccc4c(Cl)cccc4n23)c1. The number of carbonyl (C=O) groups excluding carboxylic acids is 1. The summed E-state index contributed by atoms with van der Waals surface area (Å²) in [6, 6.07) is 20.0. The number of ether oxygens (including phenoxy) is 1. The van der Waals surface area contributed by atoms with E-state index in [2.05, 4.69) is 6.07 Å². The molecule has 0 saturated heterocycles. The van der Waals surface area contributed by atoms with Gasteiger partial charge in [0.15, 0.2) is 0 Å². The minimum absolute atomic E-state index is 0.187. The van der Waals surface area contributed by atoms with E-state index in [1.54, 1.807) is 47.9 Å². The van der Waals surface area contributed by atoms with Crippen LogP contribution in [0, 0.1) is 11.3 Å². The first-order valence-electron chi connectivity index (χ1n) is 7.95. The third-order valence-electron chi connectivity index (χ3n) is 4.40. The Morgan fingerprint density at radius 1 is 1.08 bits per heavy atom. The van der Waals surface area contributed by atoms with Crippen molar-refractivity contribution in [2.24, 2.45) is 0 Å². The van der Waals surface area contributed by atoms with Crippen molar-refractivity contribution in [1.82, 2.24) is 4.40 Å². The molecule has 4 nitrogen and oxygen atoms in total. The Labute approximate surface area is 154 Å². The lowest BCUT2D eigenvalue weighted by molar-refractivity contribution is 0.103. The molecule has 0 aliphatic carbocycles. The van der Waals surface area contributed by atoms with Crippen molar-refractivity contribution in [3.05, 3.63) is 82.5 Å². The van der Waals surface area contributed by atoms with Crippen molar-refractivity contribution >= 4 is 33.8 Å². The molecule has 0 saturated carbocycles. The summed E-state index contributed by atoms with van der Waals surface area (Å²) in [5.41, 5.74) is 2.80. The van der Waals surface area contributed by atoms with Crippen molar-refractivity contribution in [2.75, 3.05) is 7.11 Å². The molecule has 0 atom stereocenters. The molecule has 5 heteroatoms. The normalized spacial score (nSPS) is 10.8. The maximum absolute atomic E-state index is 13.2. The summed E-state index contributed by atoms with van der Waals surface area (Å²) in [5, 5.41) is 10.9. The van der Waals surface area contributed by atoms with Crippen molar-refractivity contribution in [3.8, 4) is 11.8 Å². The average Bonchev–Trinajstić information content (AvgIpc) is 3.07. The summed E-state index contributed by atoms with van der Waals surface area (Å²) in [5.74, 6) is 0.415. The highest BCUT2D eigenvalue weighted by Gasteiger charge is 2.19. The Balaban J connectivity index is 2.04. The highest BCUT2D eigenvalue weighted by Crippen LogP contribution is 2.29. The molecule has 4 aromatic rings. The number of hydrogen-bond acceptors (Lipinski definition) is 3. The second-order valence-electron chi connectivity index (χ2n) is 5.84. The standard InChI is InChI=1S/C21H13ClN2O2/c1-26-15-5-2-4-13(10-15)21(25)20-11-14(12-23)18-9-8-16-17(22)6-3-7-19(16)24(18)20/h2-11H,1H3. The number of carbonyl (C=O) groups is 1. The maximum atomic E-state index is 13.2. The van der Waals surface area contributed by atoms with Gasteiger partial charge in [-0.25, -0.2) is 0 Å². The number of nitrogens with zero attached hydrogens (tertiary/aromatic N) is 2. The van der Waals surface area contributed by atoms with Gasteiger partial charge >= 0.3 is 0 Å². The predicted molar refractivity (Wildman–Crippen MR) is 101 cm³/mol. The van der Waals surface area contributed by atoms with Crippen LogP contribution in [0.25, 0.3) is 16.4 Å². The molecular weight excluding hydrogens is 348 g/mol. The fourth-order valence-corrected chi connectivity index (χ4v) is 3.40. The van der Waals surface area contributed by atoms with E-state index in [1.165, 1.54) is 0 Å². The molecule has 0 bridgehead atoms. The molecule has 26 heavy (non-hydrogen) atoms. The third kappa shape index (κ3) is 2.42. The first-order valence-corrected chi connectivity index (χ1v) is 8.33. The van der Waals surface area contributed by atoms with Crippen LogP contribution in [-0.4, -0.2) is 17.3 Å². The largest absolute Gasteiger partial charge is 0.497 e. The summed E-state index contributed by atoms with van der Waals surface area (Å²) in [7, 11) is 1.56. The van der Waals surface area contributed by atoms with Gasteiger partial charge in [-0.05, 0) is 42.5 Å². The van der Waals surface area contributed by atoms with E-state index >= 15 is 0 Å². The van der Waals surface area contributed by atoms with Crippen LogP contribution in [0.3, 0.4) is 0 Å². The number of nitriles is 1. The van der Waals surface area contributed by atoms with Crippen LogP contribution in [0.2, 0.25) is 5.02 Å². The summed E-state index contributed by atoms with van der Waals surface area (Å²) < 4.78 is 7.01. The second-order valence-corrected chi connectivity index (χ2v) is 6.25. The van der Waals surface area contributed by atoms with Crippen LogP contribution < -0.4 is 4.74 Å². The number of methoxy groups -OCH3 is 1. The molecule has 0 unspecified atom stereocenters. The number of ketones is 1. The van der Waals surface area contributed by atoms with Crippen LogP contribution in [0.15, 0.2) is 60.7 Å². The van der Waals surface area contributed by atoms with Gasteiger partial charge in [0.05, 0.1) is 29.4 Å². The Morgan fingerprint density at radius 3 is 2.65 bits per heavy atom. The van der Waals surface area contributed by atoms with Crippen LogP contribution in [0.1, 0.15) is 21.6 Å². The zero-order valence-corrected chi connectivity index (χ0v) is 14.6. The van der Waals surface area contributed by atoms with E-state index in [0.717, 1.165) is 10.9 Å². The van der Waals surface area contributed by atoms with Gasteiger partial charge in [0.2, 0.25) is 5.78 Å². The van der Waals surface area contributed by atoms with E-state index in [-0.39, 0.29) is 5.78 Å². The number of pyridine rings is 1. The van der Waals surface area contributed by atoms with Gasteiger partial charge in [-0.3, -0.25) is 4.79 Å². The highest BCUT2D eigenvalue weighted by atomic mass is 35.5. The highest BCUT2D eigenvalue weighted by molar-refractivity contribution is 6.35.